The van der Waals surface area contributed by atoms with Crippen molar-refractivity contribution in [2.75, 3.05) is 31.9 Å². The topological polar surface area (TPSA) is 58.4 Å². The second-order valence-electron chi connectivity index (χ2n) is 6.81. The quantitative estimate of drug-likeness (QED) is 0.588. The summed E-state index contributed by atoms with van der Waals surface area (Å²) in [4.78, 5) is 34.0. The fourth-order valence-electron chi connectivity index (χ4n) is 3.35. The molecule has 0 aliphatic carbocycles. The second kappa shape index (κ2) is 8.84. The fraction of sp³-hybridized carbons (Fsp3) is 0.286. The molecule has 1 aliphatic heterocycles. The van der Waals surface area contributed by atoms with Crippen LogP contribution in [0.2, 0.25) is 0 Å². The van der Waals surface area contributed by atoms with Crippen LogP contribution in [0.5, 0.6) is 0 Å². The third kappa shape index (κ3) is 4.38. The van der Waals surface area contributed by atoms with Gasteiger partial charge in [0, 0.05) is 38.6 Å². The SMILES string of the molecule is Cc1ccccc1-n1ccnc1SCC(=O)N1CCN(C(=O)c2cccs2)CC1. The molecule has 0 atom stereocenters. The molecule has 6 nitrogen and oxygen atoms in total. The number of carbonyl (C=O) groups is 2. The molecular formula is C21H22N4O2S2. The van der Waals surface area contributed by atoms with E-state index in [2.05, 4.69) is 18.0 Å². The van der Waals surface area contributed by atoms with Gasteiger partial charge in [-0.25, -0.2) is 4.98 Å². The highest BCUT2D eigenvalue weighted by molar-refractivity contribution is 7.99. The van der Waals surface area contributed by atoms with Gasteiger partial charge in [-0.15, -0.1) is 11.3 Å². The summed E-state index contributed by atoms with van der Waals surface area (Å²) in [7, 11) is 0. The predicted octanol–water partition coefficient (Wildman–Crippen LogP) is 3.32. The summed E-state index contributed by atoms with van der Waals surface area (Å²) in [5.41, 5.74) is 2.23. The number of thiophene rings is 1. The number of piperazine rings is 1. The number of amides is 2. The highest BCUT2D eigenvalue weighted by Gasteiger charge is 2.25. The van der Waals surface area contributed by atoms with Gasteiger partial charge in [-0.3, -0.25) is 14.2 Å². The molecule has 2 amide bonds. The number of rotatable bonds is 5. The Hall–Kier alpha value is -2.58. The van der Waals surface area contributed by atoms with Crippen molar-refractivity contribution in [3.63, 3.8) is 0 Å². The standard InChI is InChI=1S/C21H22N4O2S2/c1-16-5-2-3-6-17(16)25-9-8-22-21(25)29-15-19(26)23-10-12-24(13-11-23)20(27)18-7-4-14-28-18/h2-9,14H,10-13,15H2,1H3. The van der Waals surface area contributed by atoms with E-state index in [1.54, 1.807) is 6.20 Å². The lowest BCUT2D eigenvalue weighted by molar-refractivity contribution is -0.129. The van der Waals surface area contributed by atoms with Gasteiger partial charge in [0.05, 0.1) is 16.3 Å². The Morgan fingerprint density at radius 2 is 1.83 bits per heavy atom. The van der Waals surface area contributed by atoms with Gasteiger partial charge in [-0.2, -0.15) is 0 Å². The summed E-state index contributed by atoms with van der Waals surface area (Å²) in [6, 6.07) is 11.8. The maximum Gasteiger partial charge on any atom is 0.264 e. The molecule has 0 spiro atoms. The Labute approximate surface area is 178 Å². The lowest BCUT2D eigenvalue weighted by atomic mass is 10.2. The van der Waals surface area contributed by atoms with Gasteiger partial charge in [-0.05, 0) is 30.0 Å². The second-order valence-corrected chi connectivity index (χ2v) is 8.70. The van der Waals surface area contributed by atoms with E-state index < -0.39 is 0 Å². The van der Waals surface area contributed by atoms with Crippen molar-refractivity contribution >= 4 is 34.9 Å². The van der Waals surface area contributed by atoms with Crippen molar-refractivity contribution in [2.24, 2.45) is 0 Å². The van der Waals surface area contributed by atoms with Crippen LogP contribution in [-0.2, 0) is 4.79 Å². The summed E-state index contributed by atoms with van der Waals surface area (Å²) in [5.74, 6) is 0.473. The average Bonchev–Trinajstić information content (AvgIpc) is 3.44. The van der Waals surface area contributed by atoms with Crippen molar-refractivity contribution in [3.05, 3.63) is 64.6 Å². The van der Waals surface area contributed by atoms with E-state index in [1.807, 2.05) is 56.3 Å². The molecule has 0 saturated carbocycles. The van der Waals surface area contributed by atoms with Crippen molar-refractivity contribution in [1.29, 1.82) is 0 Å². The molecule has 29 heavy (non-hydrogen) atoms. The highest BCUT2D eigenvalue weighted by atomic mass is 32.2. The van der Waals surface area contributed by atoms with Crippen molar-refractivity contribution in [3.8, 4) is 5.69 Å². The summed E-state index contributed by atoms with van der Waals surface area (Å²) in [6.45, 7) is 4.35. The van der Waals surface area contributed by atoms with Gasteiger partial charge >= 0.3 is 0 Å². The van der Waals surface area contributed by atoms with Crippen LogP contribution < -0.4 is 0 Å². The van der Waals surface area contributed by atoms with Crippen LogP contribution in [0.1, 0.15) is 15.2 Å². The lowest BCUT2D eigenvalue weighted by Gasteiger charge is -2.34. The van der Waals surface area contributed by atoms with Crippen LogP contribution in [0, 0.1) is 6.92 Å². The number of carbonyl (C=O) groups excluding carboxylic acids is 2. The first-order chi connectivity index (χ1) is 14.1. The van der Waals surface area contributed by atoms with Gasteiger partial charge in [0.15, 0.2) is 5.16 Å². The maximum absolute atomic E-state index is 12.7. The third-order valence-electron chi connectivity index (χ3n) is 4.96. The number of aromatic nitrogens is 2. The Balaban J connectivity index is 1.32. The lowest BCUT2D eigenvalue weighted by Crippen LogP contribution is -2.51. The van der Waals surface area contributed by atoms with E-state index in [9.17, 15) is 9.59 Å². The monoisotopic (exact) mass is 426 g/mol. The zero-order valence-corrected chi connectivity index (χ0v) is 17.8. The molecule has 4 rings (SSSR count). The van der Waals surface area contributed by atoms with Crippen LogP contribution in [0.3, 0.4) is 0 Å². The van der Waals surface area contributed by atoms with Gasteiger partial charge in [0.1, 0.15) is 0 Å². The van der Waals surface area contributed by atoms with Crippen molar-refractivity contribution in [2.45, 2.75) is 12.1 Å². The van der Waals surface area contributed by atoms with Crippen molar-refractivity contribution in [1.82, 2.24) is 19.4 Å². The number of hydrogen-bond acceptors (Lipinski definition) is 5. The molecule has 1 saturated heterocycles. The Bertz CT molecular complexity index is 992. The highest BCUT2D eigenvalue weighted by Crippen LogP contribution is 2.23. The third-order valence-corrected chi connectivity index (χ3v) is 6.77. The number of imidazole rings is 1. The molecule has 0 radical (unpaired) electrons. The van der Waals surface area contributed by atoms with E-state index in [1.165, 1.54) is 23.1 Å². The smallest absolute Gasteiger partial charge is 0.264 e. The Morgan fingerprint density at radius 3 is 2.55 bits per heavy atom. The minimum Gasteiger partial charge on any atom is -0.338 e. The maximum atomic E-state index is 12.7. The largest absolute Gasteiger partial charge is 0.338 e. The number of thioether (sulfide) groups is 1. The van der Waals surface area contributed by atoms with E-state index in [0.717, 1.165) is 21.3 Å². The Morgan fingerprint density at radius 1 is 1.07 bits per heavy atom. The van der Waals surface area contributed by atoms with Crippen LogP contribution in [0.4, 0.5) is 0 Å². The molecule has 8 heteroatoms. The fourth-order valence-corrected chi connectivity index (χ4v) is 4.91. The molecule has 0 N–H and O–H groups in total. The summed E-state index contributed by atoms with van der Waals surface area (Å²) < 4.78 is 2.02. The minimum absolute atomic E-state index is 0.0572. The molecule has 1 aliphatic rings. The molecule has 150 valence electrons. The molecular weight excluding hydrogens is 404 g/mol. The molecule has 2 aromatic heterocycles. The summed E-state index contributed by atoms with van der Waals surface area (Å²) >= 11 is 2.90. The predicted molar refractivity (Wildman–Crippen MR) is 116 cm³/mol. The molecule has 0 unspecified atom stereocenters. The number of para-hydroxylation sites is 1. The van der Waals surface area contributed by atoms with Gasteiger partial charge in [-0.1, -0.05) is 36.0 Å². The summed E-state index contributed by atoms with van der Waals surface area (Å²) in [6.07, 6.45) is 3.68. The van der Waals surface area contributed by atoms with Crippen LogP contribution in [-0.4, -0.2) is 63.1 Å². The van der Waals surface area contributed by atoms with Crippen molar-refractivity contribution < 1.29 is 9.59 Å². The zero-order chi connectivity index (χ0) is 20.2. The molecule has 1 aromatic carbocycles. The van der Waals surface area contributed by atoms with Gasteiger partial charge in [0.2, 0.25) is 5.91 Å². The van der Waals surface area contributed by atoms with Gasteiger partial charge < -0.3 is 9.80 Å². The zero-order valence-electron chi connectivity index (χ0n) is 16.2. The average molecular weight is 427 g/mol. The minimum atomic E-state index is 0.0572. The van der Waals surface area contributed by atoms with E-state index >= 15 is 0 Å². The normalized spacial score (nSPS) is 14.2. The first-order valence-electron chi connectivity index (χ1n) is 9.46. The van der Waals surface area contributed by atoms with Crippen LogP contribution in [0.15, 0.2) is 59.3 Å². The number of benzene rings is 1. The molecule has 3 aromatic rings. The van der Waals surface area contributed by atoms with Crippen LogP contribution >= 0.6 is 23.1 Å². The van der Waals surface area contributed by atoms with E-state index in [4.69, 9.17) is 0 Å². The molecule has 3 heterocycles. The number of hydrogen-bond donors (Lipinski definition) is 0. The summed E-state index contributed by atoms with van der Waals surface area (Å²) in [5, 5.41) is 2.71. The van der Waals surface area contributed by atoms with Gasteiger partial charge in [0.25, 0.3) is 5.91 Å². The number of nitrogens with zero attached hydrogens (tertiary/aromatic N) is 4. The first-order valence-corrected chi connectivity index (χ1v) is 11.3. The van der Waals surface area contributed by atoms with Crippen LogP contribution in [0.25, 0.3) is 5.69 Å². The number of aryl methyl sites for hydroxylation is 1. The Kier molecular flexibility index (Phi) is 6.01. The first kappa shape index (κ1) is 19.7. The van der Waals surface area contributed by atoms with E-state index in [0.29, 0.717) is 31.9 Å². The van der Waals surface area contributed by atoms with E-state index in [-0.39, 0.29) is 11.8 Å². The molecule has 1 fully saturated rings. The molecule has 0 bridgehead atoms.